The highest BCUT2D eigenvalue weighted by molar-refractivity contribution is 5.33. The number of hydrogen-bond acceptors (Lipinski definition) is 3. The Kier molecular flexibility index (Phi) is 4.58. The highest BCUT2D eigenvalue weighted by atomic mass is 16.5. The topological polar surface area (TPSA) is 38.7 Å². The molecule has 0 atom stereocenters. The Morgan fingerprint density at radius 1 is 1.33 bits per heavy atom. The van der Waals surface area contributed by atoms with E-state index in [0.29, 0.717) is 6.54 Å². The maximum absolute atomic E-state index is 9.86. The second-order valence-corrected chi connectivity index (χ2v) is 3.53. The molecule has 0 radical (unpaired) electrons. The van der Waals surface area contributed by atoms with Gasteiger partial charge in [0.25, 0.3) is 0 Å². The highest BCUT2D eigenvalue weighted by Crippen LogP contribution is 2.13. The molecule has 0 saturated heterocycles. The van der Waals surface area contributed by atoms with Crippen LogP contribution in [0.25, 0.3) is 0 Å². The number of carbonyl (C=O) groups excluding carboxylic acids is 1. The van der Waals surface area contributed by atoms with Gasteiger partial charge in [0.05, 0.1) is 12.6 Å². The highest BCUT2D eigenvalue weighted by Gasteiger charge is 1.97. The van der Waals surface area contributed by atoms with Gasteiger partial charge in [-0.3, -0.25) is 0 Å². The van der Waals surface area contributed by atoms with Crippen LogP contribution in [-0.2, 0) is 11.2 Å². The van der Waals surface area contributed by atoms with Gasteiger partial charge in [-0.25, -0.2) is 9.79 Å². The summed E-state index contributed by atoms with van der Waals surface area (Å²) < 4.78 is 5.51. The van der Waals surface area contributed by atoms with Crippen molar-refractivity contribution >= 4 is 6.08 Å². The fourth-order valence-electron chi connectivity index (χ4n) is 1.24. The summed E-state index contributed by atoms with van der Waals surface area (Å²) in [6, 6.07) is 7.83. The molecule has 0 heterocycles. The molecule has 0 amide bonds. The Morgan fingerprint density at radius 3 is 2.53 bits per heavy atom. The molecular formula is C12H15NO2. The summed E-state index contributed by atoms with van der Waals surface area (Å²) in [6.07, 6.45) is 2.48. The molecule has 0 unspecified atom stereocenters. The molecule has 0 spiro atoms. The first-order chi connectivity index (χ1) is 7.22. The minimum Gasteiger partial charge on any atom is -0.491 e. The zero-order valence-corrected chi connectivity index (χ0v) is 9.06. The van der Waals surface area contributed by atoms with Gasteiger partial charge in [0.1, 0.15) is 5.75 Å². The molecule has 1 rings (SSSR count). The third kappa shape index (κ3) is 4.43. The molecule has 0 saturated carbocycles. The van der Waals surface area contributed by atoms with Crippen molar-refractivity contribution < 1.29 is 9.53 Å². The van der Waals surface area contributed by atoms with E-state index < -0.39 is 0 Å². The van der Waals surface area contributed by atoms with Crippen LogP contribution in [0.3, 0.4) is 0 Å². The van der Waals surface area contributed by atoms with Gasteiger partial charge in [0, 0.05) is 0 Å². The number of isocyanates is 1. The lowest BCUT2D eigenvalue weighted by molar-refractivity contribution is 0.242. The van der Waals surface area contributed by atoms with E-state index in [9.17, 15) is 4.79 Å². The fraction of sp³-hybridized carbons (Fsp3) is 0.417. The van der Waals surface area contributed by atoms with E-state index in [0.717, 1.165) is 17.7 Å². The Bertz CT molecular complexity index is 337. The van der Waals surface area contributed by atoms with Crippen molar-refractivity contribution in [2.24, 2.45) is 4.99 Å². The van der Waals surface area contributed by atoms with Crippen molar-refractivity contribution in [3.8, 4) is 5.75 Å². The summed E-state index contributed by atoms with van der Waals surface area (Å²) in [5.74, 6) is 0.868. The lowest BCUT2D eigenvalue weighted by Crippen LogP contribution is -2.05. The minimum absolute atomic E-state index is 0.190. The standard InChI is InChI=1S/C12H15NO2/c1-10(2)15-12-5-3-11(4-6-12)7-8-13-9-14/h3-6,10H,7-8H2,1-2H3. The van der Waals surface area contributed by atoms with E-state index in [1.54, 1.807) is 0 Å². The van der Waals surface area contributed by atoms with Crippen molar-refractivity contribution in [1.29, 1.82) is 0 Å². The molecule has 1 aromatic carbocycles. The summed E-state index contributed by atoms with van der Waals surface area (Å²) >= 11 is 0. The predicted molar refractivity (Wildman–Crippen MR) is 58.9 cm³/mol. The largest absolute Gasteiger partial charge is 0.491 e. The zero-order chi connectivity index (χ0) is 11.1. The normalized spacial score (nSPS) is 9.80. The molecule has 0 aliphatic rings. The molecule has 0 aliphatic carbocycles. The van der Waals surface area contributed by atoms with Gasteiger partial charge in [0.2, 0.25) is 6.08 Å². The summed E-state index contributed by atoms with van der Waals surface area (Å²) in [4.78, 5) is 13.4. The molecule has 0 bridgehead atoms. The van der Waals surface area contributed by atoms with Crippen LogP contribution in [0.2, 0.25) is 0 Å². The number of hydrogen-bond donors (Lipinski definition) is 0. The lowest BCUT2D eigenvalue weighted by Gasteiger charge is -2.09. The average Bonchev–Trinajstić information content (AvgIpc) is 2.20. The summed E-state index contributed by atoms with van der Waals surface area (Å²) in [5.41, 5.74) is 1.14. The first-order valence-corrected chi connectivity index (χ1v) is 5.01. The van der Waals surface area contributed by atoms with Crippen molar-refractivity contribution in [3.05, 3.63) is 29.8 Å². The quantitative estimate of drug-likeness (QED) is 0.546. The smallest absolute Gasteiger partial charge is 0.234 e. The van der Waals surface area contributed by atoms with E-state index in [2.05, 4.69) is 4.99 Å². The van der Waals surface area contributed by atoms with Crippen molar-refractivity contribution in [1.82, 2.24) is 0 Å². The summed E-state index contributed by atoms with van der Waals surface area (Å²) in [6.45, 7) is 4.48. The van der Waals surface area contributed by atoms with Crippen LogP contribution < -0.4 is 4.74 Å². The second kappa shape index (κ2) is 5.99. The first kappa shape index (κ1) is 11.5. The molecule has 3 heteroatoms. The Labute approximate surface area is 89.8 Å². The number of aliphatic imine (C=N–C) groups is 1. The van der Waals surface area contributed by atoms with Crippen LogP contribution in [-0.4, -0.2) is 18.7 Å². The van der Waals surface area contributed by atoms with Gasteiger partial charge in [-0.1, -0.05) is 12.1 Å². The summed E-state index contributed by atoms with van der Waals surface area (Å²) in [7, 11) is 0. The SMILES string of the molecule is CC(C)Oc1ccc(CCN=C=O)cc1. The van der Waals surface area contributed by atoms with Gasteiger partial charge in [-0.15, -0.1) is 0 Å². The lowest BCUT2D eigenvalue weighted by atomic mass is 10.1. The van der Waals surface area contributed by atoms with Gasteiger partial charge in [-0.05, 0) is 38.0 Å². The van der Waals surface area contributed by atoms with Crippen molar-refractivity contribution in [2.45, 2.75) is 26.4 Å². The Hall–Kier alpha value is -1.60. The Balaban J connectivity index is 2.52. The molecule has 3 nitrogen and oxygen atoms in total. The number of rotatable bonds is 5. The minimum atomic E-state index is 0.190. The van der Waals surface area contributed by atoms with Crippen LogP contribution in [0.15, 0.2) is 29.3 Å². The average molecular weight is 205 g/mol. The van der Waals surface area contributed by atoms with E-state index in [1.807, 2.05) is 38.1 Å². The molecule has 0 N–H and O–H groups in total. The molecule has 80 valence electrons. The van der Waals surface area contributed by atoms with E-state index >= 15 is 0 Å². The molecule has 0 aliphatic heterocycles. The maximum atomic E-state index is 9.86. The molecule has 0 fully saturated rings. The Morgan fingerprint density at radius 2 is 2.00 bits per heavy atom. The van der Waals surface area contributed by atoms with Gasteiger partial charge < -0.3 is 4.74 Å². The predicted octanol–water partition coefficient (Wildman–Crippen LogP) is 2.35. The van der Waals surface area contributed by atoms with Gasteiger partial charge >= 0.3 is 0 Å². The van der Waals surface area contributed by atoms with Crippen LogP contribution >= 0.6 is 0 Å². The second-order valence-electron chi connectivity index (χ2n) is 3.53. The van der Waals surface area contributed by atoms with Crippen LogP contribution in [0.5, 0.6) is 5.75 Å². The number of benzene rings is 1. The first-order valence-electron chi connectivity index (χ1n) is 5.01. The third-order valence-corrected chi connectivity index (χ3v) is 1.87. The van der Waals surface area contributed by atoms with E-state index in [-0.39, 0.29) is 6.10 Å². The van der Waals surface area contributed by atoms with E-state index in [1.165, 1.54) is 6.08 Å². The van der Waals surface area contributed by atoms with Crippen molar-refractivity contribution in [3.63, 3.8) is 0 Å². The van der Waals surface area contributed by atoms with Gasteiger partial charge in [-0.2, -0.15) is 0 Å². The maximum Gasteiger partial charge on any atom is 0.234 e. The number of nitrogens with zero attached hydrogens (tertiary/aromatic N) is 1. The number of ether oxygens (including phenoxy) is 1. The van der Waals surface area contributed by atoms with E-state index in [4.69, 9.17) is 4.74 Å². The van der Waals surface area contributed by atoms with Crippen LogP contribution in [0.4, 0.5) is 0 Å². The summed E-state index contributed by atoms with van der Waals surface area (Å²) in [5, 5.41) is 0. The molecule has 0 aromatic heterocycles. The molecule has 15 heavy (non-hydrogen) atoms. The van der Waals surface area contributed by atoms with Gasteiger partial charge in [0.15, 0.2) is 0 Å². The monoisotopic (exact) mass is 205 g/mol. The molecular weight excluding hydrogens is 190 g/mol. The fourth-order valence-corrected chi connectivity index (χ4v) is 1.24. The van der Waals surface area contributed by atoms with Crippen LogP contribution in [0.1, 0.15) is 19.4 Å². The zero-order valence-electron chi connectivity index (χ0n) is 9.06. The van der Waals surface area contributed by atoms with Crippen molar-refractivity contribution in [2.75, 3.05) is 6.54 Å². The van der Waals surface area contributed by atoms with Crippen LogP contribution in [0, 0.1) is 0 Å². The molecule has 1 aromatic rings. The third-order valence-electron chi connectivity index (χ3n) is 1.87.